The van der Waals surface area contributed by atoms with Crippen LogP contribution in [0.4, 0.5) is 0 Å². The van der Waals surface area contributed by atoms with E-state index in [1.54, 1.807) is 12.1 Å². The van der Waals surface area contributed by atoms with Gasteiger partial charge in [0.05, 0.1) is 4.90 Å². The van der Waals surface area contributed by atoms with Crippen molar-refractivity contribution in [2.75, 3.05) is 0 Å². The average Bonchev–Trinajstić information content (AvgIpc) is 2.65. The topological polar surface area (TPSA) is 89.4 Å². The van der Waals surface area contributed by atoms with E-state index in [0.717, 1.165) is 44.1 Å². The summed E-state index contributed by atoms with van der Waals surface area (Å²) in [5, 5.41) is 0. The van der Waals surface area contributed by atoms with Crippen LogP contribution in [-0.4, -0.2) is 13.0 Å². The number of hydrogen-bond acceptors (Lipinski definition) is 3. The van der Waals surface area contributed by atoms with Crippen molar-refractivity contribution >= 4 is 10.1 Å². The summed E-state index contributed by atoms with van der Waals surface area (Å²) in [5.41, 5.74) is 2.58. The number of aryl methyl sites for hydroxylation is 1. The fraction of sp³-hybridized carbons (Fsp3) is 0.739. The zero-order valence-electron chi connectivity index (χ0n) is 18.6. The van der Waals surface area contributed by atoms with Crippen LogP contribution in [0.3, 0.4) is 0 Å². The van der Waals surface area contributed by atoms with E-state index >= 15 is 0 Å². The molecule has 1 aromatic rings. The average molecular weight is 414 g/mol. The molecule has 0 saturated carbocycles. The van der Waals surface area contributed by atoms with Gasteiger partial charge in [0.1, 0.15) is 0 Å². The van der Waals surface area contributed by atoms with Crippen LogP contribution in [0.2, 0.25) is 0 Å². The first-order valence-electron chi connectivity index (χ1n) is 11.0. The first kappa shape index (κ1) is 27.1. The van der Waals surface area contributed by atoms with Crippen LogP contribution in [0.25, 0.3) is 0 Å². The Balaban J connectivity index is 0.00000729. The summed E-state index contributed by atoms with van der Waals surface area (Å²) in [5.74, 6) is 0. The SMILES string of the molecule is CCCCc1cc(S(=O)(=O)O)ccc1C(CCCC)(CCCC)CCCC.N. The monoisotopic (exact) mass is 413 g/mol. The van der Waals surface area contributed by atoms with Crippen molar-refractivity contribution in [3.63, 3.8) is 0 Å². The Hall–Kier alpha value is -0.910. The molecule has 4 nitrogen and oxygen atoms in total. The Morgan fingerprint density at radius 2 is 1.29 bits per heavy atom. The van der Waals surface area contributed by atoms with Gasteiger partial charge in [-0.2, -0.15) is 8.42 Å². The van der Waals surface area contributed by atoms with Gasteiger partial charge in [-0.05, 0) is 60.8 Å². The molecular formula is C23H43NO3S. The first-order chi connectivity index (χ1) is 12.8. The minimum Gasteiger partial charge on any atom is -0.344 e. The lowest BCUT2D eigenvalue weighted by atomic mass is 9.68. The predicted octanol–water partition coefficient (Wildman–Crippen LogP) is 7.25. The van der Waals surface area contributed by atoms with Crippen molar-refractivity contribution in [3.05, 3.63) is 29.3 Å². The summed E-state index contributed by atoms with van der Waals surface area (Å²) in [6, 6.07) is 5.35. The molecule has 0 heterocycles. The van der Waals surface area contributed by atoms with Crippen molar-refractivity contribution in [2.45, 2.75) is 115 Å². The van der Waals surface area contributed by atoms with Crippen molar-refractivity contribution in [1.82, 2.24) is 6.15 Å². The summed E-state index contributed by atoms with van der Waals surface area (Å²) < 4.78 is 32.9. The number of benzene rings is 1. The highest BCUT2D eigenvalue weighted by Gasteiger charge is 2.33. The van der Waals surface area contributed by atoms with E-state index in [1.807, 2.05) is 6.07 Å². The van der Waals surface area contributed by atoms with E-state index in [4.69, 9.17) is 0 Å². The molecule has 0 saturated heterocycles. The molecule has 0 aliphatic rings. The van der Waals surface area contributed by atoms with Crippen LogP contribution in [0, 0.1) is 0 Å². The second-order valence-electron chi connectivity index (χ2n) is 7.99. The second kappa shape index (κ2) is 13.3. The maximum atomic E-state index is 11.7. The smallest absolute Gasteiger partial charge is 0.294 e. The van der Waals surface area contributed by atoms with Gasteiger partial charge >= 0.3 is 0 Å². The van der Waals surface area contributed by atoms with E-state index in [-0.39, 0.29) is 16.5 Å². The van der Waals surface area contributed by atoms with Gasteiger partial charge in [-0.3, -0.25) is 4.55 Å². The summed E-state index contributed by atoms with van der Waals surface area (Å²) in [7, 11) is -4.16. The molecule has 0 aromatic heterocycles. The highest BCUT2D eigenvalue weighted by atomic mass is 32.2. The Morgan fingerprint density at radius 1 is 0.821 bits per heavy atom. The fourth-order valence-corrected chi connectivity index (χ4v) is 4.68. The normalized spacial score (nSPS) is 12.0. The number of unbranched alkanes of at least 4 members (excludes halogenated alkanes) is 4. The van der Waals surface area contributed by atoms with E-state index in [9.17, 15) is 13.0 Å². The van der Waals surface area contributed by atoms with Crippen LogP contribution in [0.1, 0.15) is 109 Å². The third-order valence-corrected chi connectivity index (χ3v) is 6.62. The molecule has 0 unspecified atom stereocenters. The van der Waals surface area contributed by atoms with Crippen molar-refractivity contribution in [1.29, 1.82) is 0 Å². The molecule has 28 heavy (non-hydrogen) atoms. The van der Waals surface area contributed by atoms with Gasteiger partial charge in [-0.15, -0.1) is 0 Å². The largest absolute Gasteiger partial charge is 0.344 e. The summed E-state index contributed by atoms with van der Waals surface area (Å²) in [4.78, 5) is 0.0349. The summed E-state index contributed by atoms with van der Waals surface area (Å²) in [6.07, 6.45) is 13.6. The van der Waals surface area contributed by atoms with E-state index in [2.05, 4.69) is 27.7 Å². The highest BCUT2D eigenvalue weighted by molar-refractivity contribution is 7.85. The van der Waals surface area contributed by atoms with E-state index in [1.165, 1.54) is 44.1 Å². The fourth-order valence-electron chi connectivity index (χ4n) is 4.15. The van der Waals surface area contributed by atoms with Gasteiger partial charge in [-0.25, -0.2) is 0 Å². The molecule has 5 heteroatoms. The third-order valence-electron chi connectivity index (χ3n) is 5.77. The molecule has 0 radical (unpaired) electrons. The van der Waals surface area contributed by atoms with E-state index in [0.29, 0.717) is 0 Å². The van der Waals surface area contributed by atoms with Crippen molar-refractivity contribution < 1.29 is 13.0 Å². The molecule has 1 aromatic carbocycles. The quantitative estimate of drug-likeness (QED) is 0.314. The Morgan fingerprint density at radius 3 is 1.68 bits per heavy atom. The lowest BCUT2D eigenvalue weighted by Gasteiger charge is -2.37. The van der Waals surface area contributed by atoms with Crippen LogP contribution >= 0.6 is 0 Å². The van der Waals surface area contributed by atoms with Crippen LogP contribution < -0.4 is 6.15 Å². The molecule has 4 N–H and O–H groups in total. The standard InChI is InChI=1S/C23H40O3S.H3N/c1-5-9-13-20-19-21(27(24,25)26)14-15-22(20)23(16-10-6-2,17-11-7-3)18-12-8-4;/h14-15,19H,5-13,16-18H2,1-4H3,(H,24,25,26);1H3. The molecule has 1 rings (SSSR count). The molecule has 0 aliphatic carbocycles. The van der Waals surface area contributed by atoms with Crippen molar-refractivity contribution in [3.8, 4) is 0 Å². The van der Waals surface area contributed by atoms with Crippen LogP contribution in [-0.2, 0) is 22.0 Å². The zero-order chi connectivity index (χ0) is 20.3. The number of hydrogen-bond donors (Lipinski definition) is 2. The lowest BCUT2D eigenvalue weighted by molar-refractivity contribution is 0.307. The molecule has 0 aliphatic heterocycles. The van der Waals surface area contributed by atoms with Gasteiger partial charge in [-0.1, -0.05) is 78.7 Å². The van der Waals surface area contributed by atoms with Crippen molar-refractivity contribution in [2.24, 2.45) is 0 Å². The lowest BCUT2D eigenvalue weighted by Crippen LogP contribution is -2.28. The van der Waals surface area contributed by atoms with Gasteiger partial charge in [0.25, 0.3) is 10.1 Å². The predicted molar refractivity (Wildman–Crippen MR) is 120 cm³/mol. The Bertz CT molecular complexity index is 634. The minimum atomic E-state index is -4.16. The Kier molecular flexibility index (Phi) is 12.9. The second-order valence-corrected chi connectivity index (χ2v) is 9.41. The van der Waals surface area contributed by atoms with Gasteiger partial charge in [0.15, 0.2) is 0 Å². The summed E-state index contributed by atoms with van der Waals surface area (Å²) in [6.45, 7) is 8.88. The molecule has 0 amide bonds. The van der Waals surface area contributed by atoms with Gasteiger partial charge in [0.2, 0.25) is 0 Å². The zero-order valence-corrected chi connectivity index (χ0v) is 19.4. The Labute approximate surface area is 173 Å². The molecule has 0 bridgehead atoms. The number of rotatable bonds is 14. The maximum absolute atomic E-state index is 11.7. The minimum absolute atomic E-state index is 0. The third kappa shape index (κ3) is 7.84. The summed E-state index contributed by atoms with van der Waals surface area (Å²) >= 11 is 0. The molecule has 0 spiro atoms. The highest BCUT2D eigenvalue weighted by Crippen LogP contribution is 2.42. The van der Waals surface area contributed by atoms with Gasteiger partial charge < -0.3 is 6.15 Å². The van der Waals surface area contributed by atoms with Gasteiger partial charge in [0, 0.05) is 0 Å². The first-order valence-corrected chi connectivity index (χ1v) is 12.4. The molecular weight excluding hydrogens is 370 g/mol. The molecule has 164 valence electrons. The van der Waals surface area contributed by atoms with E-state index < -0.39 is 10.1 Å². The maximum Gasteiger partial charge on any atom is 0.294 e. The van der Waals surface area contributed by atoms with Crippen LogP contribution in [0.15, 0.2) is 23.1 Å². The molecule has 0 atom stereocenters. The molecule has 0 fully saturated rings. The van der Waals surface area contributed by atoms with Crippen LogP contribution in [0.5, 0.6) is 0 Å².